The van der Waals surface area contributed by atoms with Crippen LogP contribution in [0, 0.1) is 0 Å². The molecule has 1 aromatic rings. The molecule has 1 aromatic heterocycles. The molecule has 1 N–H and O–H groups in total. The van der Waals surface area contributed by atoms with E-state index in [-0.39, 0.29) is 5.54 Å². The van der Waals surface area contributed by atoms with Gasteiger partial charge >= 0.3 is 6.18 Å². The van der Waals surface area contributed by atoms with Gasteiger partial charge in [0.05, 0.1) is 5.56 Å². The predicted molar refractivity (Wildman–Crippen MR) is 61.3 cm³/mol. The zero-order chi connectivity index (χ0) is 13.4. The molecular formula is C11H15F3N4. The molecule has 2 rings (SSSR count). The number of nitrogens with one attached hydrogen (secondary N) is 1. The zero-order valence-electron chi connectivity index (χ0n) is 10.3. The second-order valence-electron chi connectivity index (χ2n) is 5.00. The third-order valence-corrected chi connectivity index (χ3v) is 2.82. The molecule has 100 valence electrons. The van der Waals surface area contributed by atoms with Crippen molar-refractivity contribution >= 4 is 5.95 Å². The molecule has 1 fully saturated rings. The molecule has 0 atom stereocenters. The van der Waals surface area contributed by atoms with Gasteiger partial charge in [-0.2, -0.15) is 13.2 Å². The molecule has 2 heterocycles. The quantitative estimate of drug-likeness (QED) is 0.834. The maximum atomic E-state index is 12.4. The second-order valence-corrected chi connectivity index (χ2v) is 5.00. The first-order valence-corrected chi connectivity index (χ1v) is 5.67. The van der Waals surface area contributed by atoms with Gasteiger partial charge < -0.3 is 10.2 Å². The Labute approximate surface area is 103 Å². The van der Waals surface area contributed by atoms with Gasteiger partial charge in [-0.3, -0.25) is 0 Å². The van der Waals surface area contributed by atoms with Crippen LogP contribution < -0.4 is 10.2 Å². The van der Waals surface area contributed by atoms with Crippen LogP contribution in [0.3, 0.4) is 0 Å². The summed E-state index contributed by atoms with van der Waals surface area (Å²) >= 11 is 0. The lowest BCUT2D eigenvalue weighted by molar-refractivity contribution is -0.138. The van der Waals surface area contributed by atoms with Crippen molar-refractivity contribution in [1.82, 2.24) is 15.3 Å². The predicted octanol–water partition coefficient (Wildman–Crippen LogP) is 1.68. The molecular weight excluding hydrogens is 245 g/mol. The summed E-state index contributed by atoms with van der Waals surface area (Å²) in [4.78, 5) is 9.49. The van der Waals surface area contributed by atoms with E-state index in [0.29, 0.717) is 19.0 Å². The third-order valence-electron chi connectivity index (χ3n) is 2.82. The van der Waals surface area contributed by atoms with Gasteiger partial charge in [0.25, 0.3) is 0 Å². The monoisotopic (exact) mass is 260 g/mol. The minimum atomic E-state index is -4.39. The summed E-state index contributed by atoms with van der Waals surface area (Å²) in [5, 5.41) is 3.32. The van der Waals surface area contributed by atoms with Crippen molar-refractivity contribution in [3.05, 3.63) is 18.0 Å². The first kappa shape index (κ1) is 13.1. The Morgan fingerprint density at radius 1 is 1.28 bits per heavy atom. The van der Waals surface area contributed by atoms with Crippen LogP contribution in [-0.2, 0) is 6.18 Å². The van der Waals surface area contributed by atoms with Crippen LogP contribution in [0.1, 0.15) is 19.4 Å². The van der Waals surface area contributed by atoms with E-state index in [2.05, 4.69) is 15.3 Å². The van der Waals surface area contributed by atoms with Gasteiger partial charge in [-0.15, -0.1) is 0 Å². The van der Waals surface area contributed by atoms with Crippen molar-refractivity contribution in [1.29, 1.82) is 0 Å². The molecule has 0 amide bonds. The molecule has 1 aliphatic rings. The van der Waals surface area contributed by atoms with Gasteiger partial charge in [0.15, 0.2) is 0 Å². The minimum Gasteiger partial charge on any atom is -0.338 e. The molecule has 0 radical (unpaired) electrons. The van der Waals surface area contributed by atoms with E-state index >= 15 is 0 Å². The van der Waals surface area contributed by atoms with Gasteiger partial charge in [-0.25, -0.2) is 9.97 Å². The highest BCUT2D eigenvalue weighted by molar-refractivity contribution is 5.32. The Bertz CT molecular complexity index is 413. The van der Waals surface area contributed by atoms with Crippen molar-refractivity contribution in [2.45, 2.75) is 25.6 Å². The molecule has 1 aliphatic heterocycles. The molecule has 0 aliphatic carbocycles. The van der Waals surface area contributed by atoms with E-state index in [4.69, 9.17) is 0 Å². The van der Waals surface area contributed by atoms with Crippen LogP contribution in [0.5, 0.6) is 0 Å². The summed E-state index contributed by atoms with van der Waals surface area (Å²) in [7, 11) is 0. The van der Waals surface area contributed by atoms with Gasteiger partial charge in [-0.1, -0.05) is 0 Å². The van der Waals surface area contributed by atoms with Crippen molar-refractivity contribution in [3.63, 3.8) is 0 Å². The Morgan fingerprint density at radius 2 is 1.89 bits per heavy atom. The molecule has 18 heavy (non-hydrogen) atoms. The molecule has 0 saturated carbocycles. The normalized spacial score (nSPS) is 19.9. The summed E-state index contributed by atoms with van der Waals surface area (Å²) in [5.41, 5.74) is -0.912. The van der Waals surface area contributed by atoms with Crippen LogP contribution >= 0.6 is 0 Å². The summed E-state index contributed by atoms with van der Waals surface area (Å²) in [6, 6.07) is 0. The summed E-state index contributed by atoms with van der Waals surface area (Å²) < 4.78 is 37.1. The fourth-order valence-corrected chi connectivity index (χ4v) is 1.94. The summed E-state index contributed by atoms with van der Waals surface area (Å²) in [6.07, 6.45) is -2.73. The first-order valence-electron chi connectivity index (χ1n) is 5.67. The number of nitrogens with zero attached hydrogens (tertiary/aromatic N) is 3. The fourth-order valence-electron chi connectivity index (χ4n) is 1.94. The van der Waals surface area contributed by atoms with E-state index < -0.39 is 11.7 Å². The van der Waals surface area contributed by atoms with Gasteiger partial charge in [0, 0.05) is 37.6 Å². The first-order chi connectivity index (χ1) is 8.28. The average Bonchev–Trinajstić information content (AvgIpc) is 2.27. The molecule has 0 spiro atoms. The Kier molecular flexibility index (Phi) is 3.18. The van der Waals surface area contributed by atoms with E-state index in [0.717, 1.165) is 18.9 Å². The number of anilines is 1. The SMILES string of the molecule is CC1(C)CN(c2ncc(C(F)(F)F)cn2)CCN1. The molecule has 0 unspecified atom stereocenters. The number of alkyl halides is 3. The molecule has 0 aromatic carbocycles. The van der Waals surface area contributed by atoms with Crippen LogP contribution in [0.15, 0.2) is 12.4 Å². The highest BCUT2D eigenvalue weighted by atomic mass is 19.4. The van der Waals surface area contributed by atoms with Gasteiger partial charge in [0.2, 0.25) is 5.95 Å². The van der Waals surface area contributed by atoms with Crippen LogP contribution in [0.25, 0.3) is 0 Å². The van der Waals surface area contributed by atoms with Crippen molar-refractivity contribution in [3.8, 4) is 0 Å². The Morgan fingerprint density at radius 3 is 2.39 bits per heavy atom. The summed E-state index contributed by atoms with van der Waals surface area (Å²) in [6.45, 7) is 6.18. The molecule has 4 nitrogen and oxygen atoms in total. The standard InChI is InChI=1S/C11H15F3N4/c1-10(2)7-18(4-3-17-10)9-15-5-8(6-16-9)11(12,13)14/h5-6,17H,3-4,7H2,1-2H3. The van der Waals surface area contributed by atoms with E-state index in [1.807, 2.05) is 18.7 Å². The number of hydrogen-bond acceptors (Lipinski definition) is 4. The lowest BCUT2D eigenvalue weighted by atomic mass is 10.0. The number of piperazine rings is 1. The Balaban J connectivity index is 2.15. The number of halogens is 3. The third kappa shape index (κ3) is 2.90. The molecule has 0 bridgehead atoms. The van der Waals surface area contributed by atoms with Gasteiger partial charge in [0.1, 0.15) is 0 Å². The molecule has 7 heteroatoms. The second kappa shape index (κ2) is 4.38. The molecule has 1 saturated heterocycles. The average molecular weight is 260 g/mol. The van der Waals surface area contributed by atoms with Crippen molar-refractivity contribution in [2.24, 2.45) is 0 Å². The van der Waals surface area contributed by atoms with Crippen LogP contribution in [0.4, 0.5) is 19.1 Å². The van der Waals surface area contributed by atoms with Crippen LogP contribution in [0.2, 0.25) is 0 Å². The maximum Gasteiger partial charge on any atom is 0.419 e. The van der Waals surface area contributed by atoms with Crippen LogP contribution in [-0.4, -0.2) is 35.1 Å². The van der Waals surface area contributed by atoms with Gasteiger partial charge in [-0.05, 0) is 13.8 Å². The minimum absolute atomic E-state index is 0.0929. The fraction of sp³-hybridized carbons (Fsp3) is 0.636. The Hall–Kier alpha value is -1.37. The lowest BCUT2D eigenvalue weighted by Crippen LogP contribution is -2.57. The van der Waals surface area contributed by atoms with Crippen molar-refractivity contribution < 1.29 is 13.2 Å². The van der Waals surface area contributed by atoms with E-state index in [1.165, 1.54) is 0 Å². The maximum absolute atomic E-state index is 12.4. The van der Waals surface area contributed by atoms with E-state index in [1.54, 1.807) is 0 Å². The topological polar surface area (TPSA) is 41.1 Å². The highest BCUT2D eigenvalue weighted by Gasteiger charge is 2.32. The highest BCUT2D eigenvalue weighted by Crippen LogP contribution is 2.28. The number of aromatic nitrogens is 2. The zero-order valence-corrected chi connectivity index (χ0v) is 10.3. The largest absolute Gasteiger partial charge is 0.419 e. The van der Waals surface area contributed by atoms with Crippen molar-refractivity contribution in [2.75, 3.05) is 24.5 Å². The van der Waals surface area contributed by atoms with E-state index in [9.17, 15) is 13.2 Å². The summed E-state index contributed by atoms with van der Waals surface area (Å²) in [5.74, 6) is 0.345. The number of rotatable bonds is 1. The lowest BCUT2D eigenvalue weighted by Gasteiger charge is -2.39. The smallest absolute Gasteiger partial charge is 0.338 e. The number of hydrogen-bond donors (Lipinski definition) is 1.